The normalized spacial score (nSPS) is 18.5. The van der Waals surface area contributed by atoms with Gasteiger partial charge in [-0.2, -0.15) is 0 Å². The summed E-state index contributed by atoms with van der Waals surface area (Å²) in [5.41, 5.74) is 1.70. The average molecular weight is 478 g/mol. The van der Waals surface area contributed by atoms with E-state index in [4.69, 9.17) is 0 Å². The first-order chi connectivity index (χ1) is 16.9. The summed E-state index contributed by atoms with van der Waals surface area (Å²) in [7, 11) is 0. The Balaban J connectivity index is 1.36. The van der Waals surface area contributed by atoms with Crippen LogP contribution in [0.4, 0.5) is 11.4 Å². The van der Waals surface area contributed by atoms with Gasteiger partial charge in [-0.25, -0.2) is 0 Å². The van der Waals surface area contributed by atoms with Crippen LogP contribution in [0.2, 0.25) is 0 Å². The van der Waals surface area contributed by atoms with Crippen molar-refractivity contribution in [2.45, 2.75) is 12.5 Å². The third-order valence-electron chi connectivity index (χ3n) is 6.26. The highest BCUT2D eigenvalue weighted by Crippen LogP contribution is 2.18. The van der Waals surface area contributed by atoms with Crippen LogP contribution in [0, 0.1) is 10.1 Å². The van der Waals surface area contributed by atoms with Gasteiger partial charge < -0.3 is 20.0 Å². The van der Waals surface area contributed by atoms with E-state index in [1.165, 1.54) is 23.1 Å². The van der Waals surface area contributed by atoms with Crippen LogP contribution in [0.5, 0.6) is 0 Å². The zero-order valence-electron chi connectivity index (χ0n) is 19.2. The highest BCUT2D eigenvalue weighted by molar-refractivity contribution is 5.98. The Kier molecular flexibility index (Phi) is 7.39. The molecular weight excluding hydrogens is 450 g/mol. The maximum Gasteiger partial charge on any atom is 0.269 e. The molecule has 2 aromatic carbocycles. The van der Waals surface area contributed by atoms with Crippen molar-refractivity contribution in [3.8, 4) is 0 Å². The number of amides is 3. The molecule has 0 unspecified atom stereocenters. The fourth-order valence-electron chi connectivity index (χ4n) is 4.30. The fraction of sp³-hybridized carbons (Fsp3) is 0.320. The molecule has 1 atom stereocenters. The predicted molar refractivity (Wildman–Crippen MR) is 130 cm³/mol. The van der Waals surface area contributed by atoms with Gasteiger partial charge in [0.15, 0.2) is 0 Å². The van der Waals surface area contributed by atoms with Crippen molar-refractivity contribution < 1.29 is 19.3 Å². The fourth-order valence-corrected chi connectivity index (χ4v) is 4.30. The highest BCUT2D eigenvalue weighted by atomic mass is 16.6. The zero-order valence-corrected chi connectivity index (χ0v) is 19.2. The van der Waals surface area contributed by atoms with Crippen molar-refractivity contribution in [3.05, 3.63) is 76.4 Å². The van der Waals surface area contributed by atoms with E-state index in [0.29, 0.717) is 44.8 Å². The van der Waals surface area contributed by atoms with E-state index < -0.39 is 11.0 Å². The number of nitro benzene ring substituents is 1. The lowest BCUT2D eigenvalue weighted by atomic mass is 10.1. The molecule has 0 spiro atoms. The number of hydrogen-bond donors (Lipinski definition) is 1. The molecule has 0 bridgehead atoms. The molecule has 10 heteroatoms. The van der Waals surface area contributed by atoms with Gasteiger partial charge >= 0.3 is 0 Å². The molecular formula is C25H27N5O5. The molecule has 2 aromatic rings. The smallest absolute Gasteiger partial charge is 0.269 e. The first-order valence-corrected chi connectivity index (χ1v) is 11.5. The molecule has 2 heterocycles. The van der Waals surface area contributed by atoms with Crippen LogP contribution in [0.15, 0.2) is 60.7 Å². The number of piperazine rings is 2. The minimum absolute atomic E-state index is 0.0376. The van der Waals surface area contributed by atoms with Crippen LogP contribution in [-0.4, -0.2) is 77.8 Å². The first-order valence-electron chi connectivity index (χ1n) is 11.5. The van der Waals surface area contributed by atoms with E-state index in [-0.39, 0.29) is 29.8 Å². The Bertz CT molecular complexity index is 1110. The molecule has 3 amide bonds. The van der Waals surface area contributed by atoms with E-state index in [2.05, 4.69) is 10.2 Å². The van der Waals surface area contributed by atoms with Gasteiger partial charge in [-0.05, 0) is 35.9 Å². The summed E-state index contributed by atoms with van der Waals surface area (Å²) in [5, 5.41) is 13.5. The van der Waals surface area contributed by atoms with Crippen molar-refractivity contribution in [2.24, 2.45) is 0 Å². The summed E-state index contributed by atoms with van der Waals surface area (Å²) in [5.74, 6) is -0.883. The second-order valence-corrected chi connectivity index (χ2v) is 8.43. The number of nitrogens with one attached hydrogen (secondary N) is 1. The third-order valence-corrected chi connectivity index (χ3v) is 6.26. The minimum Gasteiger partial charge on any atom is -0.368 e. The summed E-state index contributed by atoms with van der Waals surface area (Å²) in [6, 6.07) is 14.9. The van der Waals surface area contributed by atoms with Crippen molar-refractivity contribution in [3.63, 3.8) is 0 Å². The topological polar surface area (TPSA) is 116 Å². The van der Waals surface area contributed by atoms with Gasteiger partial charge in [0.05, 0.1) is 11.3 Å². The minimum atomic E-state index is -0.877. The lowest BCUT2D eigenvalue weighted by Crippen LogP contribution is -2.59. The Morgan fingerprint density at radius 1 is 1.00 bits per heavy atom. The van der Waals surface area contributed by atoms with Crippen LogP contribution in [-0.2, 0) is 14.4 Å². The van der Waals surface area contributed by atoms with Crippen LogP contribution in [0.3, 0.4) is 0 Å². The van der Waals surface area contributed by atoms with Crippen LogP contribution >= 0.6 is 0 Å². The molecule has 2 saturated heterocycles. The van der Waals surface area contributed by atoms with Gasteiger partial charge in [0.25, 0.3) is 5.69 Å². The molecule has 0 aliphatic carbocycles. The quantitative estimate of drug-likeness (QED) is 0.384. The number of nitro groups is 1. The first kappa shape index (κ1) is 23.9. The van der Waals surface area contributed by atoms with E-state index in [9.17, 15) is 24.5 Å². The Morgan fingerprint density at radius 2 is 1.69 bits per heavy atom. The summed E-state index contributed by atoms with van der Waals surface area (Å²) in [6.07, 6.45) is 2.80. The molecule has 0 aromatic heterocycles. The number of hydrogen-bond acceptors (Lipinski definition) is 6. The Morgan fingerprint density at radius 3 is 2.34 bits per heavy atom. The van der Waals surface area contributed by atoms with Gasteiger partial charge in [-0.15, -0.1) is 0 Å². The predicted octanol–water partition coefficient (Wildman–Crippen LogP) is 1.67. The number of rotatable bonds is 6. The highest BCUT2D eigenvalue weighted by Gasteiger charge is 2.35. The number of carbonyl (C=O) groups excluding carboxylic acids is 3. The standard InChI is InChI=1S/C25H27N5O5/c31-23(11-8-19-6-9-21(10-7-19)30(34)35)29-13-12-26-25(33)22(29)18-24(32)28-16-14-27(15-17-28)20-4-2-1-3-5-20/h1-11,22H,12-18H2,(H,26,33)/b11-8+/t22-/m1/s1. The van der Waals surface area contributed by atoms with E-state index >= 15 is 0 Å². The van der Waals surface area contributed by atoms with Gasteiger partial charge in [0, 0.05) is 63.2 Å². The summed E-state index contributed by atoms with van der Waals surface area (Å²) in [4.78, 5) is 54.1. The number of anilines is 1. The van der Waals surface area contributed by atoms with Crippen molar-refractivity contribution in [2.75, 3.05) is 44.2 Å². The third kappa shape index (κ3) is 5.84. The molecule has 2 aliphatic rings. The van der Waals surface area contributed by atoms with Crippen molar-refractivity contribution in [1.82, 2.24) is 15.1 Å². The molecule has 0 radical (unpaired) electrons. The van der Waals surface area contributed by atoms with Crippen LogP contribution in [0.25, 0.3) is 6.08 Å². The molecule has 0 saturated carbocycles. The monoisotopic (exact) mass is 477 g/mol. The van der Waals surface area contributed by atoms with Gasteiger partial charge in [-0.1, -0.05) is 18.2 Å². The number of non-ortho nitro benzene ring substituents is 1. The summed E-state index contributed by atoms with van der Waals surface area (Å²) >= 11 is 0. The number of benzene rings is 2. The zero-order chi connectivity index (χ0) is 24.8. The number of nitrogens with zero attached hydrogens (tertiary/aromatic N) is 4. The van der Waals surface area contributed by atoms with Gasteiger partial charge in [0.1, 0.15) is 6.04 Å². The summed E-state index contributed by atoms with van der Waals surface area (Å²) < 4.78 is 0. The number of para-hydroxylation sites is 1. The molecule has 1 N–H and O–H groups in total. The SMILES string of the molecule is O=C1NCCN(C(=O)/C=C/c2ccc([N+](=O)[O-])cc2)[C@@H]1CC(=O)N1CCN(c2ccccc2)CC1. The lowest BCUT2D eigenvalue weighted by molar-refractivity contribution is -0.384. The van der Waals surface area contributed by atoms with Crippen molar-refractivity contribution in [1.29, 1.82) is 0 Å². The molecule has 2 aliphatic heterocycles. The second-order valence-electron chi connectivity index (χ2n) is 8.43. The number of carbonyl (C=O) groups is 3. The second kappa shape index (κ2) is 10.8. The Hall–Kier alpha value is -4.21. The molecule has 4 rings (SSSR count). The molecule has 35 heavy (non-hydrogen) atoms. The van der Waals surface area contributed by atoms with Crippen LogP contribution < -0.4 is 10.2 Å². The van der Waals surface area contributed by atoms with E-state index in [1.807, 2.05) is 30.3 Å². The lowest BCUT2D eigenvalue weighted by Gasteiger charge is -2.38. The maximum absolute atomic E-state index is 13.0. The van der Waals surface area contributed by atoms with Crippen molar-refractivity contribution >= 4 is 35.2 Å². The average Bonchev–Trinajstić information content (AvgIpc) is 2.89. The van der Waals surface area contributed by atoms with Gasteiger partial charge in [-0.3, -0.25) is 24.5 Å². The largest absolute Gasteiger partial charge is 0.368 e. The van der Waals surface area contributed by atoms with Crippen LogP contribution in [0.1, 0.15) is 12.0 Å². The molecule has 2 fully saturated rings. The van der Waals surface area contributed by atoms with E-state index in [0.717, 1.165) is 5.69 Å². The van der Waals surface area contributed by atoms with Gasteiger partial charge in [0.2, 0.25) is 17.7 Å². The van der Waals surface area contributed by atoms with E-state index in [1.54, 1.807) is 23.1 Å². The molecule has 10 nitrogen and oxygen atoms in total. The summed E-state index contributed by atoms with van der Waals surface area (Å²) in [6.45, 7) is 3.12. The molecule has 182 valence electrons. The maximum atomic E-state index is 13.0. The Labute approximate surface area is 202 Å².